The quantitative estimate of drug-likeness (QED) is 0.744. The number of hydrogen-bond donors (Lipinski definition) is 1. The van der Waals surface area contributed by atoms with Gasteiger partial charge in [0.1, 0.15) is 0 Å². The van der Waals surface area contributed by atoms with Crippen LogP contribution in [0.3, 0.4) is 0 Å². The number of rotatable bonds is 1. The van der Waals surface area contributed by atoms with Gasteiger partial charge in [-0.3, -0.25) is 0 Å². The molecule has 0 aromatic heterocycles. The molecule has 1 aromatic rings. The monoisotopic (exact) mass is 203 g/mol. The van der Waals surface area contributed by atoms with Gasteiger partial charge in [0, 0.05) is 5.54 Å². The maximum Gasteiger partial charge on any atom is 0.0414 e. The highest BCUT2D eigenvalue weighted by atomic mass is 14.8. The molecule has 0 saturated heterocycles. The Morgan fingerprint density at radius 2 is 1.47 bits per heavy atom. The van der Waals surface area contributed by atoms with E-state index in [0.29, 0.717) is 0 Å². The predicted molar refractivity (Wildman–Crippen MR) is 65.0 cm³/mol. The molecule has 1 saturated carbocycles. The van der Waals surface area contributed by atoms with E-state index in [1.165, 1.54) is 35.1 Å². The molecule has 1 heteroatoms. The molecule has 0 spiro atoms. The molecule has 0 bridgehead atoms. The summed E-state index contributed by atoms with van der Waals surface area (Å²) < 4.78 is 0. The Bertz CT molecular complexity index is 350. The van der Waals surface area contributed by atoms with E-state index in [-0.39, 0.29) is 5.54 Å². The Kier molecular flexibility index (Phi) is 2.59. The SMILES string of the molecule is Cc1cc(C)c(C2(N)CCCC2)c(C)c1. The molecule has 0 heterocycles. The standard InChI is InChI=1S/C14H21N/c1-10-8-11(2)13(12(3)9-10)14(15)6-4-5-7-14/h8-9H,4-7,15H2,1-3H3. The minimum absolute atomic E-state index is 0.0398. The van der Waals surface area contributed by atoms with E-state index in [2.05, 4.69) is 32.9 Å². The van der Waals surface area contributed by atoms with Gasteiger partial charge < -0.3 is 5.73 Å². The van der Waals surface area contributed by atoms with Crippen molar-refractivity contribution in [3.8, 4) is 0 Å². The second kappa shape index (κ2) is 3.64. The fraction of sp³-hybridized carbons (Fsp3) is 0.571. The average Bonchev–Trinajstić information content (AvgIpc) is 2.50. The van der Waals surface area contributed by atoms with Gasteiger partial charge in [-0.15, -0.1) is 0 Å². The molecule has 0 amide bonds. The third-order valence-electron chi connectivity index (χ3n) is 3.67. The van der Waals surface area contributed by atoms with Crippen LogP contribution in [0.2, 0.25) is 0 Å². The van der Waals surface area contributed by atoms with Crippen LogP contribution in [0.4, 0.5) is 0 Å². The van der Waals surface area contributed by atoms with Crippen molar-refractivity contribution >= 4 is 0 Å². The van der Waals surface area contributed by atoms with Crippen LogP contribution in [0.25, 0.3) is 0 Å². The van der Waals surface area contributed by atoms with E-state index in [1.807, 2.05) is 0 Å². The Hall–Kier alpha value is -0.820. The fourth-order valence-electron chi connectivity index (χ4n) is 3.22. The summed E-state index contributed by atoms with van der Waals surface area (Å²) >= 11 is 0. The highest BCUT2D eigenvalue weighted by Crippen LogP contribution is 2.39. The summed E-state index contributed by atoms with van der Waals surface area (Å²) in [7, 11) is 0. The summed E-state index contributed by atoms with van der Waals surface area (Å²) in [6.45, 7) is 6.55. The van der Waals surface area contributed by atoms with E-state index in [1.54, 1.807) is 0 Å². The first kappa shape index (κ1) is 10.7. The molecule has 0 unspecified atom stereocenters. The lowest BCUT2D eigenvalue weighted by atomic mass is 9.82. The van der Waals surface area contributed by atoms with Crippen molar-refractivity contribution in [1.82, 2.24) is 0 Å². The van der Waals surface area contributed by atoms with Crippen LogP contribution in [0.1, 0.15) is 47.9 Å². The molecule has 2 rings (SSSR count). The lowest BCUT2D eigenvalue weighted by Crippen LogP contribution is -2.34. The molecule has 1 aliphatic carbocycles. The molecule has 0 atom stereocenters. The van der Waals surface area contributed by atoms with Crippen LogP contribution in [0.5, 0.6) is 0 Å². The third kappa shape index (κ3) is 1.81. The number of nitrogens with two attached hydrogens (primary N) is 1. The lowest BCUT2D eigenvalue weighted by Gasteiger charge is -2.28. The summed E-state index contributed by atoms with van der Waals surface area (Å²) in [6.07, 6.45) is 4.86. The molecule has 2 N–H and O–H groups in total. The lowest BCUT2D eigenvalue weighted by molar-refractivity contribution is 0.456. The van der Waals surface area contributed by atoms with Gasteiger partial charge in [-0.05, 0) is 50.3 Å². The van der Waals surface area contributed by atoms with Crippen LogP contribution < -0.4 is 5.73 Å². The van der Waals surface area contributed by atoms with Crippen molar-refractivity contribution < 1.29 is 0 Å². The Morgan fingerprint density at radius 1 is 1.00 bits per heavy atom. The van der Waals surface area contributed by atoms with Gasteiger partial charge in [-0.2, -0.15) is 0 Å². The Balaban J connectivity index is 2.52. The Labute approximate surface area is 92.7 Å². The summed E-state index contributed by atoms with van der Waals surface area (Å²) in [5, 5.41) is 0. The zero-order chi connectivity index (χ0) is 11.1. The topological polar surface area (TPSA) is 26.0 Å². The second-order valence-corrected chi connectivity index (χ2v) is 5.14. The van der Waals surface area contributed by atoms with Gasteiger partial charge >= 0.3 is 0 Å². The summed E-state index contributed by atoms with van der Waals surface area (Å²) in [5.41, 5.74) is 12.0. The molecule has 1 aliphatic rings. The molecule has 82 valence electrons. The summed E-state index contributed by atoms with van der Waals surface area (Å²) in [6, 6.07) is 4.52. The molecule has 1 fully saturated rings. The Morgan fingerprint density at radius 3 is 1.93 bits per heavy atom. The smallest absolute Gasteiger partial charge is 0.0414 e. The van der Waals surface area contributed by atoms with Gasteiger partial charge in [0.15, 0.2) is 0 Å². The highest BCUT2D eigenvalue weighted by Gasteiger charge is 2.33. The van der Waals surface area contributed by atoms with Crippen LogP contribution in [-0.4, -0.2) is 0 Å². The van der Waals surface area contributed by atoms with Crippen molar-refractivity contribution in [2.45, 2.75) is 52.0 Å². The number of hydrogen-bond acceptors (Lipinski definition) is 1. The maximum absolute atomic E-state index is 6.53. The minimum Gasteiger partial charge on any atom is -0.321 e. The van der Waals surface area contributed by atoms with Crippen LogP contribution in [-0.2, 0) is 5.54 Å². The van der Waals surface area contributed by atoms with Crippen LogP contribution >= 0.6 is 0 Å². The molecule has 1 nitrogen and oxygen atoms in total. The van der Waals surface area contributed by atoms with Crippen molar-refractivity contribution in [2.75, 3.05) is 0 Å². The van der Waals surface area contributed by atoms with E-state index in [0.717, 1.165) is 12.8 Å². The maximum atomic E-state index is 6.53. The van der Waals surface area contributed by atoms with Gasteiger partial charge in [0.25, 0.3) is 0 Å². The van der Waals surface area contributed by atoms with Gasteiger partial charge in [0.2, 0.25) is 0 Å². The fourth-order valence-corrected chi connectivity index (χ4v) is 3.22. The normalized spacial score (nSPS) is 19.5. The van der Waals surface area contributed by atoms with Gasteiger partial charge in [-0.25, -0.2) is 0 Å². The minimum atomic E-state index is -0.0398. The van der Waals surface area contributed by atoms with E-state index in [4.69, 9.17) is 5.73 Å². The molecule has 1 aromatic carbocycles. The summed E-state index contributed by atoms with van der Waals surface area (Å²) in [4.78, 5) is 0. The van der Waals surface area contributed by atoms with Crippen molar-refractivity contribution in [2.24, 2.45) is 5.73 Å². The molecular weight excluding hydrogens is 182 g/mol. The first-order chi connectivity index (χ1) is 7.03. The van der Waals surface area contributed by atoms with E-state index in [9.17, 15) is 0 Å². The average molecular weight is 203 g/mol. The molecule has 15 heavy (non-hydrogen) atoms. The van der Waals surface area contributed by atoms with Gasteiger partial charge in [-0.1, -0.05) is 30.5 Å². The molecule has 0 aliphatic heterocycles. The third-order valence-corrected chi connectivity index (χ3v) is 3.67. The predicted octanol–water partition coefficient (Wildman–Crippen LogP) is 3.34. The number of benzene rings is 1. The molecular formula is C14H21N. The highest BCUT2D eigenvalue weighted by molar-refractivity contribution is 5.42. The second-order valence-electron chi connectivity index (χ2n) is 5.14. The van der Waals surface area contributed by atoms with Crippen LogP contribution in [0.15, 0.2) is 12.1 Å². The van der Waals surface area contributed by atoms with E-state index >= 15 is 0 Å². The van der Waals surface area contributed by atoms with Crippen molar-refractivity contribution in [1.29, 1.82) is 0 Å². The van der Waals surface area contributed by atoms with Crippen molar-refractivity contribution in [3.63, 3.8) is 0 Å². The summed E-state index contributed by atoms with van der Waals surface area (Å²) in [5.74, 6) is 0. The van der Waals surface area contributed by atoms with Crippen molar-refractivity contribution in [3.05, 3.63) is 34.4 Å². The van der Waals surface area contributed by atoms with E-state index < -0.39 is 0 Å². The number of aryl methyl sites for hydroxylation is 3. The van der Waals surface area contributed by atoms with Gasteiger partial charge in [0.05, 0.1) is 0 Å². The molecule has 0 radical (unpaired) electrons. The largest absolute Gasteiger partial charge is 0.321 e. The first-order valence-electron chi connectivity index (χ1n) is 5.90. The zero-order valence-electron chi connectivity index (χ0n) is 10.1. The first-order valence-corrected chi connectivity index (χ1v) is 5.90. The van der Waals surface area contributed by atoms with Crippen LogP contribution in [0, 0.1) is 20.8 Å². The zero-order valence-corrected chi connectivity index (χ0v) is 10.1.